The minimum absolute atomic E-state index is 0.164. The minimum Gasteiger partial charge on any atom is -0.457 e. The van der Waals surface area contributed by atoms with Crippen molar-refractivity contribution in [2.24, 2.45) is 14.1 Å². The number of rotatable bonds is 6. The molecule has 0 radical (unpaired) electrons. The van der Waals surface area contributed by atoms with Gasteiger partial charge in [-0.25, -0.2) is 9.59 Å². The van der Waals surface area contributed by atoms with E-state index in [4.69, 9.17) is 15.2 Å². The Labute approximate surface area is 170 Å². The summed E-state index contributed by atoms with van der Waals surface area (Å²) >= 11 is 0. The predicted octanol–water partition coefficient (Wildman–Crippen LogP) is 1.50. The lowest BCUT2D eigenvalue weighted by Gasteiger charge is -2.11. The lowest BCUT2D eigenvalue weighted by atomic mass is 10.2. The molecule has 9 nitrogen and oxygen atoms in total. The maximum Gasteiger partial charge on any atom is 0.338 e. The fraction of sp³-hybridized carbons (Fsp3) is 0.143. The number of para-hydroxylation sites is 1. The molecule has 1 heterocycles. The van der Waals surface area contributed by atoms with Crippen LogP contribution in [0.3, 0.4) is 0 Å². The summed E-state index contributed by atoms with van der Waals surface area (Å²) in [6.07, 6.45) is 0. The number of ketones is 1. The van der Waals surface area contributed by atoms with Gasteiger partial charge in [-0.15, -0.1) is 0 Å². The van der Waals surface area contributed by atoms with Crippen LogP contribution in [0.15, 0.2) is 64.2 Å². The van der Waals surface area contributed by atoms with E-state index < -0.39 is 35.2 Å². The molecule has 0 unspecified atom stereocenters. The zero-order chi connectivity index (χ0) is 21.8. The van der Waals surface area contributed by atoms with E-state index in [1.165, 1.54) is 26.2 Å². The first-order valence-electron chi connectivity index (χ1n) is 8.88. The number of ether oxygens (including phenoxy) is 2. The van der Waals surface area contributed by atoms with Gasteiger partial charge in [0.15, 0.2) is 6.61 Å². The molecule has 0 saturated carbocycles. The molecule has 0 amide bonds. The number of nitrogen functional groups attached to an aromatic ring is 1. The Morgan fingerprint density at radius 1 is 0.933 bits per heavy atom. The van der Waals surface area contributed by atoms with Crippen molar-refractivity contribution in [2.75, 3.05) is 12.3 Å². The normalized spacial score (nSPS) is 10.5. The topological polar surface area (TPSA) is 123 Å². The third-order valence-electron chi connectivity index (χ3n) is 4.37. The fourth-order valence-corrected chi connectivity index (χ4v) is 2.72. The zero-order valence-corrected chi connectivity index (χ0v) is 16.3. The molecule has 2 N–H and O–H groups in total. The number of anilines is 1. The summed E-state index contributed by atoms with van der Waals surface area (Å²) in [6, 6.07) is 15.3. The van der Waals surface area contributed by atoms with Crippen molar-refractivity contribution in [3.05, 3.63) is 86.6 Å². The molecule has 2 aromatic carbocycles. The molecule has 0 bridgehead atoms. The van der Waals surface area contributed by atoms with Crippen LogP contribution >= 0.6 is 0 Å². The first kappa shape index (κ1) is 20.6. The highest BCUT2D eigenvalue weighted by molar-refractivity contribution is 6.02. The van der Waals surface area contributed by atoms with Crippen LogP contribution in [-0.4, -0.2) is 27.5 Å². The van der Waals surface area contributed by atoms with Gasteiger partial charge in [-0.3, -0.25) is 18.7 Å². The summed E-state index contributed by atoms with van der Waals surface area (Å²) < 4.78 is 12.4. The predicted molar refractivity (Wildman–Crippen MR) is 109 cm³/mol. The van der Waals surface area contributed by atoms with E-state index in [0.29, 0.717) is 11.5 Å². The molecule has 0 aliphatic carbocycles. The lowest BCUT2D eigenvalue weighted by molar-refractivity contribution is 0.0474. The van der Waals surface area contributed by atoms with E-state index in [1.54, 1.807) is 24.3 Å². The number of carbonyl (C=O) groups is 2. The average Bonchev–Trinajstić information content (AvgIpc) is 2.75. The summed E-state index contributed by atoms with van der Waals surface area (Å²) in [6.45, 7) is -0.708. The quantitative estimate of drug-likeness (QED) is 0.483. The molecule has 0 fully saturated rings. The van der Waals surface area contributed by atoms with Gasteiger partial charge in [-0.2, -0.15) is 0 Å². The summed E-state index contributed by atoms with van der Waals surface area (Å²) in [5.41, 5.74) is 3.97. The highest BCUT2D eigenvalue weighted by atomic mass is 16.5. The zero-order valence-electron chi connectivity index (χ0n) is 16.3. The molecule has 3 aromatic rings. The van der Waals surface area contributed by atoms with E-state index in [0.717, 1.165) is 9.13 Å². The van der Waals surface area contributed by atoms with Crippen LogP contribution in [0.5, 0.6) is 11.5 Å². The summed E-state index contributed by atoms with van der Waals surface area (Å²) in [5, 5.41) is 0. The second-order valence-corrected chi connectivity index (χ2v) is 6.41. The molecule has 0 aliphatic heterocycles. The molecular weight excluding hydrogens is 390 g/mol. The molecule has 0 spiro atoms. The third kappa shape index (κ3) is 4.14. The minimum atomic E-state index is -0.852. The number of benzene rings is 2. The average molecular weight is 409 g/mol. The Hall–Kier alpha value is -4.14. The smallest absolute Gasteiger partial charge is 0.338 e. The van der Waals surface area contributed by atoms with Crippen molar-refractivity contribution < 1.29 is 19.1 Å². The van der Waals surface area contributed by atoms with Gasteiger partial charge in [0.05, 0.1) is 5.56 Å². The van der Waals surface area contributed by atoms with E-state index >= 15 is 0 Å². The Bertz CT molecular complexity index is 1230. The maximum atomic E-state index is 12.4. The van der Waals surface area contributed by atoms with Gasteiger partial charge >= 0.3 is 11.7 Å². The van der Waals surface area contributed by atoms with E-state index in [2.05, 4.69) is 0 Å². The number of esters is 1. The molecule has 0 atom stereocenters. The van der Waals surface area contributed by atoms with Gasteiger partial charge in [0.25, 0.3) is 5.56 Å². The van der Waals surface area contributed by atoms with E-state index in [9.17, 15) is 19.2 Å². The fourth-order valence-electron chi connectivity index (χ4n) is 2.72. The first-order chi connectivity index (χ1) is 14.3. The Morgan fingerprint density at radius 2 is 1.60 bits per heavy atom. The first-order valence-corrected chi connectivity index (χ1v) is 8.88. The van der Waals surface area contributed by atoms with Crippen molar-refractivity contribution in [3.63, 3.8) is 0 Å². The van der Waals surface area contributed by atoms with Crippen LogP contribution in [0.25, 0.3) is 0 Å². The largest absolute Gasteiger partial charge is 0.457 e. The second-order valence-electron chi connectivity index (χ2n) is 6.41. The van der Waals surface area contributed by atoms with Gasteiger partial charge in [0, 0.05) is 14.1 Å². The van der Waals surface area contributed by atoms with Crippen molar-refractivity contribution in [1.29, 1.82) is 0 Å². The van der Waals surface area contributed by atoms with Crippen LogP contribution in [0, 0.1) is 0 Å². The number of hydrogen-bond donors (Lipinski definition) is 1. The summed E-state index contributed by atoms with van der Waals surface area (Å²) in [4.78, 5) is 48.8. The number of carbonyl (C=O) groups excluding carboxylic acids is 2. The van der Waals surface area contributed by atoms with Gasteiger partial charge in [-0.05, 0) is 30.3 Å². The number of hydrogen-bond acceptors (Lipinski definition) is 7. The number of Topliss-reactive ketones (excluding diaryl/α,β-unsaturated/α-hetero) is 1. The highest BCUT2D eigenvalue weighted by Gasteiger charge is 2.21. The molecule has 30 heavy (non-hydrogen) atoms. The number of nitrogens with two attached hydrogens (primary N) is 1. The van der Waals surface area contributed by atoms with Gasteiger partial charge in [0.1, 0.15) is 22.9 Å². The lowest BCUT2D eigenvalue weighted by Crippen LogP contribution is -2.42. The van der Waals surface area contributed by atoms with Crippen LogP contribution in [-0.2, 0) is 18.8 Å². The third-order valence-corrected chi connectivity index (χ3v) is 4.37. The molecule has 1 aromatic heterocycles. The van der Waals surface area contributed by atoms with Gasteiger partial charge in [0.2, 0.25) is 5.78 Å². The standard InChI is InChI=1S/C21H19N3O6/c1-23-18(22)17(19(26)24(2)21(23)28)16(25)12-29-20(27)13-7-6-10-15(11-13)30-14-8-4-3-5-9-14/h3-11H,12,22H2,1-2H3. The molecule has 0 aliphatic rings. The van der Waals surface area contributed by atoms with Crippen LogP contribution in [0.4, 0.5) is 5.82 Å². The molecular formula is C21H19N3O6. The molecule has 0 saturated heterocycles. The monoisotopic (exact) mass is 409 g/mol. The Balaban J connectivity index is 1.74. The van der Waals surface area contributed by atoms with Gasteiger partial charge in [-0.1, -0.05) is 24.3 Å². The van der Waals surface area contributed by atoms with Gasteiger partial charge < -0.3 is 15.2 Å². The van der Waals surface area contributed by atoms with Crippen molar-refractivity contribution >= 4 is 17.6 Å². The number of aromatic nitrogens is 2. The van der Waals surface area contributed by atoms with E-state index in [1.807, 2.05) is 18.2 Å². The second kappa shape index (κ2) is 8.48. The molecule has 9 heteroatoms. The summed E-state index contributed by atoms with van der Waals surface area (Å²) in [7, 11) is 2.56. The highest BCUT2D eigenvalue weighted by Crippen LogP contribution is 2.22. The van der Waals surface area contributed by atoms with Crippen molar-refractivity contribution in [3.8, 4) is 11.5 Å². The Kier molecular flexibility index (Phi) is 5.82. The molecule has 3 rings (SSSR count). The maximum absolute atomic E-state index is 12.4. The van der Waals surface area contributed by atoms with Crippen LogP contribution in [0.1, 0.15) is 20.7 Å². The summed E-state index contributed by atoms with van der Waals surface area (Å²) in [5.74, 6) is -0.865. The van der Waals surface area contributed by atoms with Crippen LogP contribution in [0.2, 0.25) is 0 Å². The van der Waals surface area contributed by atoms with Crippen molar-refractivity contribution in [1.82, 2.24) is 9.13 Å². The molecule has 154 valence electrons. The number of nitrogens with zero attached hydrogens (tertiary/aromatic N) is 2. The Morgan fingerprint density at radius 3 is 2.30 bits per heavy atom. The van der Waals surface area contributed by atoms with Crippen molar-refractivity contribution in [2.45, 2.75) is 0 Å². The van der Waals surface area contributed by atoms with E-state index in [-0.39, 0.29) is 11.4 Å². The van der Waals surface area contributed by atoms with Crippen LogP contribution < -0.4 is 21.7 Å². The SMILES string of the molecule is Cn1c(N)c(C(=O)COC(=O)c2cccc(Oc3ccccc3)c2)c(=O)n(C)c1=O.